The number of nitrogens with zero attached hydrogens (tertiary/aromatic N) is 3. The highest BCUT2D eigenvalue weighted by Gasteiger charge is 2.22. The summed E-state index contributed by atoms with van der Waals surface area (Å²) in [5.74, 6) is 0.899. The van der Waals surface area contributed by atoms with Gasteiger partial charge in [0.2, 0.25) is 0 Å². The molecule has 0 N–H and O–H groups in total. The number of benzene rings is 3. The van der Waals surface area contributed by atoms with Crippen LogP contribution in [0.3, 0.4) is 0 Å². The van der Waals surface area contributed by atoms with E-state index < -0.39 is 0 Å². The summed E-state index contributed by atoms with van der Waals surface area (Å²) in [7, 11) is 8.01. The molecule has 0 amide bonds. The van der Waals surface area contributed by atoms with Crippen molar-refractivity contribution in [1.29, 1.82) is 0 Å². The quantitative estimate of drug-likeness (QED) is 0.301. The molecule has 1 unspecified atom stereocenters. The van der Waals surface area contributed by atoms with Gasteiger partial charge in [-0.05, 0) is 74.1 Å². The van der Waals surface area contributed by atoms with Crippen molar-refractivity contribution in [2.75, 3.05) is 28.3 Å². The van der Waals surface area contributed by atoms with Crippen LogP contribution in [-0.2, 0) is 32.7 Å². The number of hydrogen-bond donors (Lipinski definition) is 0. The minimum absolute atomic E-state index is 0.0631. The molecule has 5 heteroatoms. The van der Waals surface area contributed by atoms with Crippen LogP contribution in [0.2, 0.25) is 0 Å². The highest BCUT2D eigenvalue weighted by Crippen LogP contribution is 2.31. The molecule has 3 aliphatic heterocycles. The van der Waals surface area contributed by atoms with Crippen LogP contribution in [0, 0.1) is 5.82 Å². The van der Waals surface area contributed by atoms with Crippen molar-refractivity contribution in [1.82, 2.24) is 14.7 Å². The fourth-order valence-electron chi connectivity index (χ4n) is 4.94. The van der Waals surface area contributed by atoms with Crippen LogP contribution in [0.25, 0.3) is 0 Å². The predicted molar refractivity (Wildman–Crippen MR) is 170 cm³/mol. The number of fused-ring (bicyclic) bond motifs is 3. The summed E-state index contributed by atoms with van der Waals surface area (Å²) in [5.41, 5.74) is 7.81. The summed E-state index contributed by atoms with van der Waals surface area (Å²) in [6.45, 7) is 19.1. The van der Waals surface area contributed by atoms with E-state index in [1.807, 2.05) is 60.7 Å². The minimum atomic E-state index is -0.0631. The Morgan fingerprint density at radius 3 is 1.85 bits per heavy atom. The van der Waals surface area contributed by atoms with E-state index in [4.69, 9.17) is 4.74 Å². The van der Waals surface area contributed by atoms with Crippen LogP contribution < -0.4 is 4.74 Å². The Bertz CT molecular complexity index is 1130. The smallest absolute Gasteiger partial charge is 0.128 e. The van der Waals surface area contributed by atoms with Crippen molar-refractivity contribution in [2.45, 2.75) is 87.2 Å². The van der Waals surface area contributed by atoms with Gasteiger partial charge in [-0.1, -0.05) is 84.0 Å². The van der Waals surface area contributed by atoms with Gasteiger partial charge in [0.1, 0.15) is 11.6 Å². The summed E-state index contributed by atoms with van der Waals surface area (Å²) in [5, 5.41) is 0. The van der Waals surface area contributed by atoms with Gasteiger partial charge in [-0.3, -0.25) is 14.7 Å². The molecule has 0 fully saturated rings. The first-order valence-electron chi connectivity index (χ1n) is 14.9. The Balaban J connectivity index is 0.000000274. The zero-order valence-electron chi connectivity index (χ0n) is 27.0. The normalized spacial score (nSPS) is 16.4. The standard InChI is InChI=1S/C10H13NO.C10H13N.C9H10FN.3C2H6/c1-11-6-8-3-4-10(12-2)5-9(8)7-11;1-8-10-6-4-3-5-9(10)7-11(8)2;1-11-5-7-3-2-4-9(10)8(7)6-11;3*1-2/h3-5H,6-7H2,1-2H3;3-6,8H,7H2,1-2H3;2-4H,5-6H2,1H3;3*1-2H3. The molecule has 222 valence electrons. The average molecular weight is 552 g/mol. The molecule has 40 heavy (non-hydrogen) atoms. The molecule has 4 nitrogen and oxygen atoms in total. The SMILES string of the molecule is CC.CC.CC.CC1c2ccccc2CN1C.CN1Cc2cccc(F)c2C1.COc1ccc2c(c1)CN(C)C2. The van der Waals surface area contributed by atoms with Gasteiger partial charge in [-0.2, -0.15) is 0 Å². The van der Waals surface area contributed by atoms with Gasteiger partial charge in [0.15, 0.2) is 0 Å². The topological polar surface area (TPSA) is 19.0 Å². The van der Waals surface area contributed by atoms with Gasteiger partial charge in [0.25, 0.3) is 0 Å². The molecule has 0 radical (unpaired) electrons. The molecule has 3 aromatic rings. The largest absolute Gasteiger partial charge is 0.497 e. The lowest BCUT2D eigenvalue weighted by Crippen LogP contribution is -2.12. The number of methoxy groups -OCH3 is 1. The second-order valence-corrected chi connectivity index (χ2v) is 9.65. The number of hydrogen-bond acceptors (Lipinski definition) is 4. The summed E-state index contributed by atoms with van der Waals surface area (Å²) >= 11 is 0. The molecule has 0 bridgehead atoms. The molecule has 3 aliphatic rings. The lowest BCUT2D eigenvalue weighted by Gasteiger charge is -2.13. The second-order valence-electron chi connectivity index (χ2n) is 9.65. The molecule has 1 atom stereocenters. The van der Waals surface area contributed by atoms with Crippen molar-refractivity contribution in [2.24, 2.45) is 0 Å². The highest BCUT2D eigenvalue weighted by atomic mass is 19.1. The molecule has 0 spiro atoms. The van der Waals surface area contributed by atoms with Crippen LogP contribution in [-0.4, -0.2) is 43.0 Å². The average Bonchev–Trinajstić information content (AvgIpc) is 3.66. The molecule has 3 aromatic carbocycles. The summed E-state index contributed by atoms with van der Waals surface area (Å²) < 4.78 is 18.2. The van der Waals surface area contributed by atoms with E-state index in [1.165, 1.54) is 28.3 Å². The zero-order valence-corrected chi connectivity index (χ0v) is 27.0. The van der Waals surface area contributed by atoms with Crippen LogP contribution in [0.5, 0.6) is 5.75 Å². The monoisotopic (exact) mass is 551 g/mol. The van der Waals surface area contributed by atoms with Crippen LogP contribution in [0.1, 0.15) is 87.9 Å². The molecule has 0 saturated heterocycles. The van der Waals surface area contributed by atoms with Crippen molar-refractivity contribution in [3.63, 3.8) is 0 Å². The lowest BCUT2D eigenvalue weighted by atomic mass is 10.1. The Hall–Kier alpha value is -2.73. The molecule has 3 heterocycles. The summed E-state index contributed by atoms with van der Waals surface area (Å²) in [6.07, 6.45) is 0. The van der Waals surface area contributed by atoms with Gasteiger partial charge < -0.3 is 4.74 Å². The molecule has 0 aliphatic carbocycles. The van der Waals surface area contributed by atoms with Crippen LogP contribution in [0.15, 0.2) is 60.7 Å². The maximum atomic E-state index is 13.0. The van der Waals surface area contributed by atoms with Crippen LogP contribution in [0.4, 0.5) is 4.39 Å². The van der Waals surface area contributed by atoms with E-state index in [0.717, 1.165) is 49.6 Å². The van der Waals surface area contributed by atoms with Crippen molar-refractivity contribution < 1.29 is 9.13 Å². The maximum absolute atomic E-state index is 13.0. The van der Waals surface area contributed by atoms with Crippen LogP contribution >= 0.6 is 0 Å². The third-order valence-corrected chi connectivity index (χ3v) is 6.96. The van der Waals surface area contributed by atoms with E-state index >= 15 is 0 Å². The Morgan fingerprint density at radius 2 is 1.23 bits per heavy atom. The van der Waals surface area contributed by atoms with Crippen molar-refractivity contribution in [3.8, 4) is 5.75 Å². The highest BCUT2D eigenvalue weighted by molar-refractivity contribution is 5.38. The Kier molecular flexibility index (Phi) is 16.4. The number of halogens is 1. The maximum Gasteiger partial charge on any atom is 0.128 e. The second kappa shape index (κ2) is 18.6. The first-order chi connectivity index (χ1) is 19.4. The molecule has 0 saturated carbocycles. The Labute approximate surface area is 244 Å². The fourth-order valence-corrected chi connectivity index (χ4v) is 4.94. The molecular formula is C35H54FN3O. The van der Waals surface area contributed by atoms with Gasteiger partial charge in [-0.25, -0.2) is 4.39 Å². The van der Waals surface area contributed by atoms with Gasteiger partial charge in [0.05, 0.1) is 7.11 Å². The first kappa shape index (κ1) is 35.3. The Morgan fingerprint density at radius 1 is 0.650 bits per heavy atom. The van der Waals surface area contributed by atoms with Gasteiger partial charge in [-0.15, -0.1) is 0 Å². The number of ether oxygens (including phenoxy) is 1. The van der Waals surface area contributed by atoms with E-state index in [9.17, 15) is 4.39 Å². The van der Waals surface area contributed by atoms with E-state index in [2.05, 4.69) is 72.1 Å². The lowest BCUT2D eigenvalue weighted by molar-refractivity contribution is 0.286. The number of rotatable bonds is 1. The third-order valence-electron chi connectivity index (χ3n) is 6.96. The fraction of sp³-hybridized carbons (Fsp3) is 0.486. The van der Waals surface area contributed by atoms with Gasteiger partial charge >= 0.3 is 0 Å². The summed E-state index contributed by atoms with van der Waals surface area (Å²) in [4.78, 5) is 6.77. The van der Waals surface area contributed by atoms with Gasteiger partial charge in [0, 0.05) is 44.3 Å². The minimum Gasteiger partial charge on any atom is -0.497 e. The molecule has 0 aromatic heterocycles. The van der Waals surface area contributed by atoms with Crippen molar-refractivity contribution >= 4 is 0 Å². The van der Waals surface area contributed by atoms with E-state index in [0.29, 0.717) is 6.04 Å². The first-order valence-corrected chi connectivity index (χ1v) is 14.9. The molecular weight excluding hydrogens is 497 g/mol. The van der Waals surface area contributed by atoms with E-state index in [1.54, 1.807) is 13.2 Å². The predicted octanol–water partition coefficient (Wildman–Crippen LogP) is 8.68. The van der Waals surface area contributed by atoms with Crippen molar-refractivity contribution in [3.05, 3.63) is 99.9 Å². The summed E-state index contributed by atoms with van der Waals surface area (Å²) in [6, 6.07) is 20.9. The zero-order chi connectivity index (χ0) is 30.2. The van der Waals surface area contributed by atoms with E-state index in [-0.39, 0.29) is 5.82 Å². The third kappa shape index (κ3) is 9.72. The molecule has 6 rings (SSSR count).